The van der Waals surface area contributed by atoms with Crippen LogP contribution < -0.4 is 5.73 Å². The van der Waals surface area contributed by atoms with Gasteiger partial charge in [-0.05, 0) is 19.8 Å². The molecule has 0 aromatic carbocycles. The predicted octanol–water partition coefficient (Wildman–Crippen LogP) is 0.675. The molecule has 0 fully saturated rings. The highest BCUT2D eigenvalue weighted by Crippen LogP contribution is 2.30. The van der Waals surface area contributed by atoms with Gasteiger partial charge in [-0.1, -0.05) is 0 Å². The van der Waals surface area contributed by atoms with E-state index in [2.05, 4.69) is 5.10 Å². The fraction of sp³-hybridized carbons (Fsp3) is 0.625. The zero-order valence-electron chi connectivity index (χ0n) is 6.96. The van der Waals surface area contributed by atoms with Gasteiger partial charge >= 0.3 is 0 Å². The zero-order chi connectivity index (χ0) is 8.01. The maximum Gasteiger partial charge on any atom is 0.0644 e. The van der Waals surface area contributed by atoms with Gasteiger partial charge in [-0.25, -0.2) is 0 Å². The van der Waals surface area contributed by atoms with Gasteiger partial charge in [0.1, 0.15) is 0 Å². The second-order valence-electron chi connectivity index (χ2n) is 3.21. The van der Waals surface area contributed by atoms with Gasteiger partial charge in [0.15, 0.2) is 0 Å². The van der Waals surface area contributed by atoms with Crippen molar-refractivity contribution >= 4 is 0 Å². The van der Waals surface area contributed by atoms with Gasteiger partial charge in [0.2, 0.25) is 0 Å². The molecule has 0 spiro atoms. The van der Waals surface area contributed by atoms with E-state index in [4.69, 9.17) is 5.73 Å². The Hall–Kier alpha value is -0.830. The number of nitrogens with two attached hydrogens (primary N) is 1. The molecule has 60 valence electrons. The Morgan fingerprint density at radius 3 is 3.00 bits per heavy atom. The minimum absolute atomic E-state index is 0.235. The highest BCUT2D eigenvalue weighted by Gasteiger charge is 2.25. The Morgan fingerprint density at radius 2 is 2.36 bits per heavy atom. The van der Waals surface area contributed by atoms with E-state index in [1.807, 2.05) is 18.7 Å². The summed E-state index contributed by atoms with van der Waals surface area (Å²) < 4.78 is 1.96. The first kappa shape index (κ1) is 6.85. The van der Waals surface area contributed by atoms with Crippen molar-refractivity contribution in [1.82, 2.24) is 9.78 Å². The minimum atomic E-state index is 0.235. The van der Waals surface area contributed by atoms with Crippen molar-refractivity contribution in [2.45, 2.75) is 25.8 Å². The summed E-state index contributed by atoms with van der Waals surface area (Å²) in [6, 6.07) is 0.235. The Labute approximate surface area is 66.2 Å². The van der Waals surface area contributed by atoms with Crippen molar-refractivity contribution in [2.24, 2.45) is 12.8 Å². The topological polar surface area (TPSA) is 43.8 Å². The second-order valence-corrected chi connectivity index (χ2v) is 3.21. The van der Waals surface area contributed by atoms with E-state index >= 15 is 0 Å². The smallest absolute Gasteiger partial charge is 0.0644 e. The normalized spacial score (nSPS) is 22.3. The van der Waals surface area contributed by atoms with Crippen molar-refractivity contribution in [3.05, 3.63) is 17.0 Å². The SMILES string of the molecule is Cc1nn(C)c2c1C(N)CC2. The van der Waals surface area contributed by atoms with Crippen LogP contribution in [0.1, 0.15) is 29.4 Å². The lowest BCUT2D eigenvalue weighted by atomic mass is 10.1. The number of hydrogen-bond donors (Lipinski definition) is 1. The first-order valence-electron chi connectivity index (χ1n) is 3.98. The van der Waals surface area contributed by atoms with Crippen molar-refractivity contribution in [3.8, 4) is 0 Å². The molecule has 2 N–H and O–H groups in total. The van der Waals surface area contributed by atoms with Crippen LogP contribution in [0.25, 0.3) is 0 Å². The number of hydrogen-bond acceptors (Lipinski definition) is 2. The van der Waals surface area contributed by atoms with E-state index in [0.29, 0.717) is 0 Å². The van der Waals surface area contributed by atoms with E-state index < -0.39 is 0 Å². The first-order chi connectivity index (χ1) is 5.20. The number of fused-ring (bicyclic) bond motifs is 1. The van der Waals surface area contributed by atoms with Gasteiger partial charge in [0.05, 0.1) is 5.69 Å². The van der Waals surface area contributed by atoms with E-state index in [1.54, 1.807) is 0 Å². The minimum Gasteiger partial charge on any atom is -0.324 e. The van der Waals surface area contributed by atoms with Crippen molar-refractivity contribution in [2.75, 3.05) is 0 Å². The monoisotopic (exact) mass is 151 g/mol. The van der Waals surface area contributed by atoms with Crippen LogP contribution in [-0.4, -0.2) is 9.78 Å². The molecule has 11 heavy (non-hydrogen) atoms. The molecule has 0 amide bonds. The molecule has 1 aliphatic carbocycles. The Bertz CT molecular complexity index is 288. The summed E-state index contributed by atoms with van der Waals surface area (Å²) in [6.45, 7) is 2.03. The molecule has 1 atom stereocenters. The summed E-state index contributed by atoms with van der Waals surface area (Å²) in [5.41, 5.74) is 9.62. The van der Waals surface area contributed by atoms with Crippen LogP contribution >= 0.6 is 0 Å². The first-order valence-corrected chi connectivity index (χ1v) is 3.98. The quantitative estimate of drug-likeness (QED) is 0.592. The third-order valence-electron chi connectivity index (χ3n) is 2.45. The molecule has 1 unspecified atom stereocenters. The molecule has 1 aliphatic rings. The lowest BCUT2D eigenvalue weighted by Crippen LogP contribution is -2.05. The van der Waals surface area contributed by atoms with Gasteiger partial charge < -0.3 is 5.73 Å². The summed E-state index contributed by atoms with van der Waals surface area (Å²) in [5, 5.41) is 4.32. The number of aryl methyl sites for hydroxylation is 2. The Balaban J connectivity index is 2.60. The molecule has 0 aliphatic heterocycles. The van der Waals surface area contributed by atoms with Crippen LogP contribution in [0.15, 0.2) is 0 Å². The summed E-state index contributed by atoms with van der Waals surface area (Å²) in [5.74, 6) is 0. The highest BCUT2D eigenvalue weighted by atomic mass is 15.3. The highest BCUT2D eigenvalue weighted by molar-refractivity contribution is 5.32. The fourth-order valence-electron chi connectivity index (χ4n) is 1.94. The molecule has 2 rings (SSSR count). The molecule has 0 saturated heterocycles. The van der Waals surface area contributed by atoms with Gasteiger partial charge in [-0.15, -0.1) is 0 Å². The maximum absolute atomic E-state index is 5.91. The molecule has 0 radical (unpaired) electrons. The number of aromatic nitrogens is 2. The Kier molecular flexibility index (Phi) is 1.29. The van der Waals surface area contributed by atoms with Crippen LogP contribution in [-0.2, 0) is 13.5 Å². The molecular formula is C8H13N3. The Morgan fingerprint density at radius 1 is 1.64 bits per heavy atom. The molecule has 0 bridgehead atoms. The summed E-state index contributed by atoms with van der Waals surface area (Å²) >= 11 is 0. The van der Waals surface area contributed by atoms with E-state index in [0.717, 1.165) is 18.5 Å². The van der Waals surface area contributed by atoms with Crippen LogP contribution in [0.4, 0.5) is 0 Å². The lowest BCUT2D eigenvalue weighted by Gasteiger charge is -1.99. The third kappa shape index (κ3) is 0.807. The second kappa shape index (κ2) is 2.08. The molecule has 3 heteroatoms. The van der Waals surface area contributed by atoms with Gasteiger partial charge in [0.25, 0.3) is 0 Å². The van der Waals surface area contributed by atoms with Crippen molar-refractivity contribution in [1.29, 1.82) is 0 Å². The van der Waals surface area contributed by atoms with E-state index in [1.165, 1.54) is 11.3 Å². The van der Waals surface area contributed by atoms with Gasteiger partial charge in [-0.2, -0.15) is 5.10 Å². The van der Waals surface area contributed by atoms with Gasteiger partial charge in [0, 0.05) is 24.3 Å². The van der Waals surface area contributed by atoms with Gasteiger partial charge in [-0.3, -0.25) is 4.68 Å². The molecule has 3 nitrogen and oxygen atoms in total. The van der Waals surface area contributed by atoms with E-state index in [-0.39, 0.29) is 6.04 Å². The average molecular weight is 151 g/mol. The fourth-order valence-corrected chi connectivity index (χ4v) is 1.94. The molecule has 1 aromatic heterocycles. The number of nitrogens with zero attached hydrogens (tertiary/aromatic N) is 2. The van der Waals surface area contributed by atoms with Crippen LogP contribution in [0.3, 0.4) is 0 Å². The molecule has 1 aromatic rings. The lowest BCUT2D eigenvalue weighted by molar-refractivity contribution is 0.660. The largest absolute Gasteiger partial charge is 0.324 e. The summed E-state index contributed by atoms with van der Waals surface area (Å²) in [6.07, 6.45) is 2.18. The predicted molar refractivity (Wildman–Crippen MR) is 43.2 cm³/mol. The standard InChI is InChI=1S/C8H13N3/c1-5-8-6(9)3-4-7(8)11(2)10-5/h6H,3-4,9H2,1-2H3. The third-order valence-corrected chi connectivity index (χ3v) is 2.45. The average Bonchev–Trinajstić information content (AvgIpc) is 2.41. The number of rotatable bonds is 0. The van der Waals surface area contributed by atoms with Crippen molar-refractivity contribution < 1.29 is 0 Å². The maximum atomic E-state index is 5.91. The van der Waals surface area contributed by atoms with Crippen LogP contribution in [0.2, 0.25) is 0 Å². The molecule has 0 saturated carbocycles. The molecular weight excluding hydrogens is 138 g/mol. The molecule has 1 heterocycles. The van der Waals surface area contributed by atoms with Crippen molar-refractivity contribution in [3.63, 3.8) is 0 Å². The summed E-state index contributed by atoms with van der Waals surface area (Å²) in [4.78, 5) is 0. The summed E-state index contributed by atoms with van der Waals surface area (Å²) in [7, 11) is 1.99. The van der Waals surface area contributed by atoms with E-state index in [9.17, 15) is 0 Å². The zero-order valence-corrected chi connectivity index (χ0v) is 6.96. The van der Waals surface area contributed by atoms with Crippen LogP contribution in [0, 0.1) is 6.92 Å². The van der Waals surface area contributed by atoms with Crippen LogP contribution in [0.5, 0.6) is 0 Å².